The van der Waals surface area contributed by atoms with E-state index in [0.29, 0.717) is 18.4 Å². The van der Waals surface area contributed by atoms with Crippen LogP contribution in [0.4, 0.5) is 0 Å². The molecule has 1 aromatic rings. The minimum absolute atomic E-state index is 0.185. The van der Waals surface area contributed by atoms with Crippen molar-refractivity contribution in [3.8, 4) is 0 Å². The summed E-state index contributed by atoms with van der Waals surface area (Å²) < 4.78 is 0. The van der Waals surface area contributed by atoms with E-state index >= 15 is 0 Å². The fourth-order valence-corrected chi connectivity index (χ4v) is 2.51. The maximum absolute atomic E-state index is 9.28. The van der Waals surface area contributed by atoms with Gasteiger partial charge in [0.1, 0.15) is 0 Å². The first kappa shape index (κ1) is 10.7. The van der Waals surface area contributed by atoms with E-state index in [2.05, 4.69) is 45.0 Å². The van der Waals surface area contributed by atoms with Crippen molar-refractivity contribution in [1.82, 2.24) is 0 Å². The molecule has 0 radical (unpaired) electrons. The first-order chi connectivity index (χ1) is 7.07. The molecule has 0 aliphatic heterocycles. The van der Waals surface area contributed by atoms with Crippen molar-refractivity contribution >= 4 is 0 Å². The molecule has 0 amide bonds. The molecule has 0 spiro atoms. The number of aliphatic hydroxyl groups excluding tert-OH is 1. The average molecular weight is 204 g/mol. The Labute approximate surface area is 92.1 Å². The Kier molecular flexibility index (Phi) is 2.59. The van der Waals surface area contributed by atoms with Crippen LogP contribution in [0.25, 0.3) is 0 Å². The smallest absolute Gasteiger partial charge is 0.0487 e. The van der Waals surface area contributed by atoms with Crippen LogP contribution in [0.2, 0.25) is 0 Å². The monoisotopic (exact) mass is 204 g/mol. The van der Waals surface area contributed by atoms with Gasteiger partial charge in [0.05, 0.1) is 0 Å². The molecule has 15 heavy (non-hydrogen) atoms. The standard InChI is InChI=1S/C14H20O/c1-10-4-6-12(7-5-10)11(2)13-8-14(13,3)9-15/h4-7,11,13,15H,8-9H2,1-3H3/t11?,13-,14?/m0/s1. The molecule has 2 rings (SSSR count). The topological polar surface area (TPSA) is 20.2 Å². The van der Waals surface area contributed by atoms with Crippen LogP contribution < -0.4 is 0 Å². The van der Waals surface area contributed by atoms with Gasteiger partial charge in [-0.3, -0.25) is 0 Å². The average Bonchev–Trinajstić information content (AvgIpc) is 2.92. The van der Waals surface area contributed by atoms with E-state index in [0.717, 1.165) is 0 Å². The highest BCUT2D eigenvalue weighted by molar-refractivity contribution is 5.26. The zero-order valence-electron chi connectivity index (χ0n) is 9.83. The molecule has 1 aliphatic carbocycles. The van der Waals surface area contributed by atoms with Crippen LogP contribution in [0.1, 0.15) is 37.3 Å². The molecular weight excluding hydrogens is 184 g/mol. The predicted octanol–water partition coefficient (Wildman–Crippen LogP) is 3.12. The van der Waals surface area contributed by atoms with E-state index in [4.69, 9.17) is 0 Å². The Morgan fingerprint density at radius 3 is 2.47 bits per heavy atom. The van der Waals surface area contributed by atoms with Gasteiger partial charge in [-0.2, -0.15) is 0 Å². The lowest BCUT2D eigenvalue weighted by Crippen LogP contribution is -2.08. The molecule has 82 valence electrons. The quantitative estimate of drug-likeness (QED) is 0.802. The van der Waals surface area contributed by atoms with Gasteiger partial charge in [-0.15, -0.1) is 0 Å². The SMILES string of the molecule is Cc1ccc(C(C)[C@@H]2CC2(C)CO)cc1. The van der Waals surface area contributed by atoms with E-state index in [1.54, 1.807) is 0 Å². The predicted molar refractivity (Wildman–Crippen MR) is 62.9 cm³/mol. The van der Waals surface area contributed by atoms with Crippen molar-refractivity contribution < 1.29 is 5.11 Å². The Balaban J connectivity index is 2.10. The maximum Gasteiger partial charge on any atom is 0.0487 e. The molecule has 1 saturated carbocycles. The molecule has 0 bridgehead atoms. The minimum Gasteiger partial charge on any atom is -0.396 e. The molecule has 2 unspecified atom stereocenters. The third-order valence-corrected chi connectivity index (χ3v) is 3.99. The van der Waals surface area contributed by atoms with E-state index in [1.807, 2.05) is 0 Å². The highest BCUT2D eigenvalue weighted by atomic mass is 16.3. The van der Waals surface area contributed by atoms with E-state index < -0.39 is 0 Å². The molecule has 1 heteroatoms. The van der Waals surface area contributed by atoms with Crippen LogP contribution in [0.15, 0.2) is 24.3 Å². The maximum atomic E-state index is 9.28. The largest absolute Gasteiger partial charge is 0.396 e. The normalized spacial score (nSPS) is 31.3. The van der Waals surface area contributed by atoms with Crippen molar-refractivity contribution in [3.63, 3.8) is 0 Å². The van der Waals surface area contributed by atoms with Crippen LogP contribution in [0.3, 0.4) is 0 Å². The summed E-state index contributed by atoms with van der Waals surface area (Å²) >= 11 is 0. The number of hydrogen-bond acceptors (Lipinski definition) is 1. The summed E-state index contributed by atoms with van der Waals surface area (Å²) in [6.45, 7) is 6.90. The molecule has 3 atom stereocenters. The zero-order valence-corrected chi connectivity index (χ0v) is 9.83. The lowest BCUT2D eigenvalue weighted by atomic mass is 9.91. The summed E-state index contributed by atoms with van der Waals surface area (Å²) in [5.74, 6) is 1.23. The summed E-state index contributed by atoms with van der Waals surface area (Å²) in [5.41, 5.74) is 2.90. The second-order valence-corrected chi connectivity index (χ2v) is 5.32. The lowest BCUT2D eigenvalue weighted by molar-refractivity contribution is 0.207. The highest BCUT2D eigenvalue weighted by Gasteiger charge is 2.52. The van der Waals surface area contributed by atoms with Gasteiger partial charge in [-0.05, 0) is 36.2 Å². The summed E-state index contributed by atoms with van der Waals surface area (Å²) in [6.07, 6.45) is 1.17. The number of benzene rings is 1. The first-order valence-electron chi connectivity index (χ1n) is 5.74. The lowest BCUT2D eigenvalue weighted by Gasteiger charge is -2.15. The van der Waals surface area contributed by atoms with Gasteiger partial charge >= 0.3 is 0 Å². The minimum atomic E-state index is 0.185. The van der Waals surface area contributed by atoms with E-state index in [9.17, 15) is 5.11 Å². The Morgan fingerprint density at radius 1 is 1.40 bits per heavy atom. The van der Waals surface area contributed by atoms with Crippen LogP contribution in [-0.2, 0) is 0 Å². The van der Waals surface area contributed by atoms with Gasteiger partial charge in [0.15, 0.2) is 0 Å². The highest BCUT2D eigenvalue weighted by Crippen LogP contribution is 2.58. The third kappa shape index (κ3) is 1.93. The van der Waals surface area contributed by atoms with Crippen LogP contribution >= 0.6 is 0 Å². The van der Waals surface area contributed by atoms with Crippen molar-refractivity contribution in [3.05, 3.63) is 35.4 Å². The second kappa shape index (κ2) is 3.64. The number of aliphatic hydroxyl groups is 1. The molecule has 1 aromatic carbocycles. The Bertz CT molecular complexity index is 341. The van der Waals surface area contributed by atoms with Crippen molar-refractivity contribution in [2.45, 2.75) is 33.1 Å². The second-order valence-electron chi connectivity index (χ2n) is 5.32. The summed E-state index contributed by atoms with van der Waals surface area (Å²) in [5, 5.41) is 9.28. The van der Waals surface area contributed by atoms with Crippen molar-refractivity contribution in [2.75, 3.05) is 6.61 Å². The van der Waals surface area contributed by atoms with Gasteiger partial charge in [0, 0.05) is 6.61 Å². The summed E-state index contributed by atoms with van der Waals surface area (Å²) in [6, 6.07) is 8.78. The van der Waals surface area contributed by atoms with Crippen molar-refractivity contribution in [1.29, 1.82) is 0 Å². The van der Waals surface area contributed by atoms with E-state index in [1.165, 1.54) is 17.5 Å². The molecule has 1 nitrogen and oxygen atoms in total. The van der Waals surface area contributed by atoms with Gasteiger partial charge in [-0.1, -0.05) is 43.7 Å². The molecule has 0 heterocycles. The molecule has 1 aliphatic rings. The Hall–Kier alpha value is -0.820. The van der Waals surface area contributed by atoms with Gasteiger partial charge in [0.2, 0.25) is 0 Å². The summed E-state index contributed by atoms with van der Waals surface area (Å²) in [4.78, 5) is 0. The van der Waals surface area contributed by atoms with Gasteiger partial charge in [0.25, 0.3) is 0 Å². The number of aryl methyl sites for hydroxylation is 1. The molecule has 0 saturated heterocycles. The number of rotatable bonds is 3. The third-order valence-electron chi connectivity index (χ3n) is 3.99. The summed E-state index contributed by atoms with van der Waals surface area (Å²) in [7, 11) is 0. The van der Waals surface area contributed by atoms with E-state index in [-0.39, 0.29) is 5.41 Å². The molecule has 0 aromatic heterocycles. The molecular formula is C14H20O. The van der Waals surface area contributed by atoms with Crippen molar-refractivity contribution in [2.24, 2.45) is 11.3 Å². The number of hydrogen-bond donors (Lipinski definition) is 1. The zero-order chi connectivity index (χ0) is 11.1. The Morgan fingerprint density at radius 2 is 2.00 bits per heavy atom. The fraction of sp³-hybridized carbons (Fsp3) is 0.571. The van der Waals surface area contributed by atoms with Crippen LogP contribution in [0.5, 0.6) is 0 Å². The molecule has 1 fully saturated rings. The van der Waals surface area contributed by atoms with Gasteiger partial charge in [-0.25, -0.2) is 0 Å². The molecule has 1 N–H and O–H groups in total. The fourth-order valence-electron chi connectivity index (χ4n) is 2.51. The van der Waals surface area contributed by atoms with Crippen LogP contribution in [-0.4, -0.2) is 11.7 Å². The van der Waals surface area contributed by atoms with Crippen LogP contribution in [0, 0.1) is 18.3 Å². The first-order valence-corrected chi connectivity index (χ1v) is 5.74. The van der Waals surface area contributed by atoms with Gasteiger partial charge < -0.3 is 5.11 Å².